The first-order valence-corrected chi connectivity index (χ1v) is 5.59. The molecule has 0 bridgehead atoms. The third-order valence-corrected chi connectivity index (χ3v) is 2.88. The Hall–Kier alpha value is -1.78. The Morgan fingerprint density at radius 1 is 1.06 bits per heavy atom. The zero-order valence-electron chi connectivity index (χ0n) is 9.95. The summed E-state index contributed by atoms with van der Waals surface area (Å²) >= 11 is 0. The average molecular weight is 248 g/mol. The molecule has 1 unspecified atom stereocenters. The molecule has 0 aliphatic rings. The summed E-state index contributed by atoms with van der Waals surface area (Å²) < 4.78 is 26.5. The molecule has 0 aliphatic carbocycles. The van der Waals surface area contributed by atoms with Crippen LogP contribution in [0, 0.1) is 18.6 Å². The third kappa shape index (κ3) is 2.55. The lowest BCUT2D eigenvalue weighted by Crippen LogP contribution is -2.29. The lowest BCUT2D eigenvalue weighted by atomic mass is 9.95. The number of halogens is 2. The summed E-state index contributed by atoms with van der Waals surface area (Å²) in [5.41, 5.74) is 4.96. The van der Waals surface area contributed by atoms with E-state index in [0.29, 0.717) is 5.56 Å². The quantitative estimate of drug-likeness (QED) is 0.647. The Kier molecular flexibility index (Phi) is 3.69. The average Bonchev–Trinajstić information content (AvgIpc) is 2.31. The Morgan fingerprint density at radius 2 is 1.67 bits per heavy atom. The van der Waals surface area contributed by atoms with Crippen LogP contribution in [0.2, 0.25) is 0 Å². The Morgan fingerprint density at radius 3 is 2.22 bits per heavy atom. The zero-order chi connectivity index (χ0) is 13.1. The second-order valence-corrected chi connectivity index (χ2v) is 4.16. The number of nitrogens with one attached hydrogen (secondary N) is 1. The van der Waals surface area contributed by atoms with Gasteiger partial charge in [-0.2, -0.15) is 0 Å². The standard InChI is InChI=1S/C14H14F2N2/c1-9-4-2-3-5-13(9)14(18-17)10-6-11(15)8-12(16)7-10/h2-8,14,18H,17H2,1H3. The fraction of sp³-hybridized carbons (Fsp3) is 0.143. The monoisotopic (exact) mass is 248 g/mol. The maximum atomic E-state index is 13.2. The minimum atomic E-state index is -0.612. The van der Waals surface area contributed by atoms with E-state index in [1.165, 1.54) is 12.1 Å². The molecule has 0 saturated carbocycles. The van der Waals surface area contributed by atoms with Gasteiger partial charge >= 0.3 is 0 Å². The molecule has 2 nitrogen and oxygen atoms in total. The first kappa shape index (κ1) is 12.7. The number of hydrogen-bond acceptors (Lipinski definition) is 2. The highest BCUT2D eigenvalue weighted by atomic mass is 19.1. The summed E-state index contributed by atoms with van der Waals surface area (Å²) in [6.45, 7) is 1.93. The van der Waals surface area contributed by atoms with Gasteiger partial charge in [0, 0.05) is 6.07 Å². The van der Waals surface area contributed by atoms with Gasteiger partial charge in [-0.3, -0.25) is 5.84 Å². The van der Waals surface area contributed by atoms with Crippen LogP contribution in [0.1, 0.15) is 22.7 Å². The van der Waals surface area contributed by atoms with Gasteiger partial charge in [0.15, 0.2) is 0 Å². The molecule has 0 amide bonds. The predicted molar refractivity (Wildman–Crippen MR) is 66.7 cm³/mol. The number of benzene rings is 2. The Labute approximate surface area is 104 Å². The predicted octanol–water partition coefficient (Wildman–Crippen LogP) is 2.83. The lowest BCUT2D eigenvalue weighted by Gasteiger charge is -2.19. The first-order chi connectivity index (χ1) is 8.61. The molecule has 0 heterocycles. The third-order valence-electron chi connectivity index (χ3n) is 2.88. The van der Waals surface area contributed by atoms with Gasteiger partial charge in [0.1, 0.15) is 11.6 Å². The van der Waals surface area contributed by atoms with E-state index in [1.807, 2.05) is 31.2 Å². The molecular weight excluding hydrogens is 234 g/mol. The maximum Gasteiger partial charge on any atom is 0.126 e. The Balaban J connectivity index is 2.48. The van der Waals surface area contributed by atoms with Crippen molar-refractivity contribution in [2.75, 3.05) is 0 Å². The highest BCUT2D eigenvalue weighted by Crippen LogP contribution is 2.25. The largest absolute Gasteiger partial charge is 0.271 e. The van der Waals surface area contributed by atoms with Crippen molar-refractivity contribution in [2.45, 2.75) is 13.0 Å². The van der Waals surface area contributed by atoms with Crippen molar-refractivity contribution in [1.29, 1.82) is 0 Å². The summed E-state index contributed by atoms with van der Waals surface area (Å²) in [6.07, 6.45) is 0. The SMILES string of the molecule is Cc1ccccc1C(NN)c1cc(F)cc(F)c1. The molecule has 4 heteroatoms. The fourth-order valence-corrected chi connectivity index (χ4v) is 2.02. The Bertz CT molecular complexity index is 535. The number of aryl methyl sites for hydroxylation is 1. The molecule has 18 heavy (non-hydrogen) atoms. The van der Waals surface area contributed by atoms with Gasteiger partial charge in [-0.25, -0.2) is 14.2 Å². The van der Waals surface area contributed by atoms with Crippen LogP contribution >= 0.6 is 0 Å². The van der Waals surface area contributed by atoms with E-state index in [-0.39, 0.29) is 0 Å². The molecule has 2 rings (SSSR count). The second-order valence-electron chi connectivity index (χ2n) is 4.16. The van der Waals surface area contributed by atoms with Gasteiger partial charge in [-0.05, 0) is 35.7 Å². The molecule has 94 valence electrons. The van der Waals surface area contributed by atoms with Crippen LogP contribution in [-0.4, -0.2) is 0 Å². The highest BCUT2D eigenvalue weighted by Gasteiger charge is 2.15. The normalized spacial score (nSPS) is 12.4. The molecule has 3 N–H and O–H groups in total. The minimum Gasteiger partial charge on any atom is -0.271 e. The van der Waals surface area contributed by atoms with Crippen LogP contribution in [0.25, 0.3) is 0 Å². The van der Waals surface area contributed by atoms with E-state index >= 15 is 0 Å². The van der Waals surface area contributed by atoms with E-state index in [9.17, 15) is 8.78 Å². The van der Waals surface area contributed by atoms with Crippen LogP contribution < -0.4 is 11.3 Å². The molecule has 2 aromatic carbocycles. The van der Waals surface area contributed by atoms with Crippen LogP contribution in [0.5, 0.6) is 0 Å². The molecular formula is C14H14F2N2. The van der Waals surface area contributed by atoms with Crippen molar-refractivity contribution in [3.8, 4) is 0 Å². The molecule has 0 spiro atoms. The highest BCUT2D eigenvalue weighted by molar-refractivity contribution is 5.36. The smallest absolute Gasteiger partial charge is 0.126 e. The second kappa shape index (κ2) is 5.25. The van der Waals surface area contributed by atoms with Crippen molar-refractivity contribution in [2.24, 2.45) is 5.84 Å². The van der Waals surface area contributed by atoms with Crippen molar-refractivity contribution >= 4 is 0 Å². The first-order valence-electron chi connectivity index (χ1n) is 5.59. The molecule has 0 aromatic heterocycles. The van der Waals surface area contributed by atoms with Gasteiger partial charge in [0.2, 0.25) is 0 Å². The summed E-state index contributed by atoms with van der Waals surface area (Å²) in [7, 11) is 0. The molecule has 1 atom stereocenters. The van der Waals surface area contributed by atoms with E-state index in [4.69, 9.17) is 5.84 Å². The fourth-order valence-electron chi connectivity index (χ4n) is 2.02. The van der Waals surface area contributed by atoms with E-state index in [2.05, 4.69) is 5.43 Å². The number of rotatable bonds is 3. The van der Waals surface area contributed by atoms with Crippen LogP contribution in [-0.2, 0) is 0 Å². The van der Waals surface area contributed by atoms with Gasteiger partial charge in [-0.1, -0.05) is 24.3 Å². The summed E-state index contributed by atoms with van der Waals surface area (Å²) in [5, 5.41) is 0. The molecule has 0 aliphatic heterocycles. The topological polar surface area (TPSA) is 38.0 Å². The molecule has 0 saturated heterocycles. The van der Waals surface area contributed by atoms with Gasteiger partial charge < -0.3 is 0 Å². The van der Waals surface area contributed by atoms with E-state index in [0.717, 1.165) is 17.2 Å². The van der Waals surface area contributed by atoms with Gasteiger partial charge in [0.05, 0.1) is 6.04 Å². The lowest BCUT2D eigenvalue weighted by molar-refractivity contribution is 0.565. The van der Waals surface area contributed by atoms with E-state index < -0.39 is 17.7 Å². The van der Waals surface area contributed by atoms with Crippen molar-refractivity contribution in [1.82, 2.24) is 5.43 Å². The number of hydrogen-bond donors (Lipinski definition) is 2. The summed E-state index contributed by atoms with van der Waals surface area (Å²) in [4.78, 5) is 0. The summed E-state index contributed by atoms with van der Waals surface area (Å²) in [5.74, 6) is 4.29. The number of hydrazine groups is 1. The molecule has 0 radical (unpaired) electrons. The molecule has 2 aromatic rings. The van der Waals surface area contributed by atoms with Crippen molar-refractivity contribution < 1.29 is 8.78 Å². The van der Waals surface area contributed by atoms with Crippen LogP contribution in [0.4, 0.5) is 8.78 Å². The van der Waals surface area contributed by atoms with Crippen LogP contribution in [0.3, 0.4) is 0 Å². The maximum absolute atomic E-state index is 13.2. The van der Waals surface area contributed by atoms with Gasteiger partial charge in [0.25, 0.3) is 0 Å². The number of nitrogens with two attached hydrogens (primary N) is 1. The van der Waals surface area contributed by atoms with Gasteiger partial charge in [-0.15, -0.1) is 0 Å². The zero-order valence-corrected chi connectivity index (χ0v) is 9.95. The van der Waals surface area contributed by atoms with Crippen molar-refractivity contribution in [3.05, 3.63) is 70.8 Å². The minimum absolute atomic E-state index is 0.434. The van der Waals surface area contributed by atoms with E-state index in [1.54, 1.807) is 0 Å². The summed E-state index contributed by atoms with van der Waals surface area (Å²) in [6, 6.07) is 10.5. The van der Waals surface area contributed by atoms with Crippen molar-refractivity contribution in [3.63, 3.8) is 0 Å². The molecule has 0 fully saturated rings. The van der Waals surface area contributed by atoms with Crippen LogP contribution in [0.15, 0.2) is 42.5 Å².